The third-order valence-corrected chi connectivity index (χ3v) is 4.32. The van der Waals surface area contributed by atoms with Gasteiger partial charge >= 0.3 is 0 Å². The van der Waals surface area contributed by atoms with Gasteiger partial charge in [0.25, 0.3) is 0 Å². The Morgan fingerprint density at radius 2 is 1.75 bits per heavy atom. The van der Waals surface area contributed by atoms with Crippen molar-refractivity contribution in [3.63, 3.8) is 0 Å². The van der Waals surface area contributed by atoms with Crippen molar-refractivity contribution >= 4 is 10.8 Å². The maximum absolute atomic E-state index is 12.0. The lowest BCUT2D eigenvalue weighted by atomic mass is 10.0. The van der Waals surface area contributed by atoms with Gasteiger partial charge in [0, 0.05) is 10.6 Å². The Labute approximate surface area is 101 Å². The highest BCUT2D eigenvalue weighted by Gasteiger charge is 2.08. The summed E-state index contributed by atoms with van der Waals surface area (Å²) in [7, 11) is -0.915. The summed E-state index contributed by atoms with van der Waals surface area (Å²) in [6, 6.07) is 8.05. The first kappa shape index (κ1) is 13.4. The van der Waals surface area contributed by atoms with Crippen LogP contribution >= 0.6 is 0 Å². The molecule has 0 amide bonds. The Kier molecular flexibility index (Phi) is 5.16. The Morgan fingerprint density at radius 1 is 1.19 bits per heavy atom. The van der Waals surface area contributed by atoms with Crippen LogP contribution in [0.15, 0.2) is 29.2 Å². The van der Waals surface area contributed by atoms with E-state index in [-0.39, 0.29) is 0 Å². The van der Waals surface area contributed by atoms with Gasteiger partial charge in [-0.25, -0.2) is 0 Å². The molecule has 2 unspecified atom stereocenters. The van der Waals surface area contributed by atoms with Crippen LogP contribution in [-0.2, 0) is 10.8 Å². The van der Waals surface area contributed by atoms with E-state index in [0.29, 0.717) is 24.1 Å². The van der Waals surface area contributed by atoms with Crippen LogP contribution in [0.25, 0.3) is 0 Å². The molecule has 0 bridgehead atoms. The van der Waals surface area contributed by atoms with Crippen molar-refractivity contribution in [2.75, 3.05) is 12.3 Å². The van der Waals surface area contributed by atoms with Gasteiger partial charge in [-0.05, 0) is 36.1 Å². The highest BCUT2D eigenvalue weighted by molar-refractivity contribution is 7.85. The topological polar surface area (TPSA) is 43.1 Å². The number of hydrogen-bond donors (Lipinski definition) is 1. The largest absolute Gasteiger partial charge is 0.330 e. The predicted molar refractivity (Wildman–Crippen MR) is 70.0 cm³/mol. The molecule has 0 fully saturated rings. The molecule has 2 nitrogen and oxygen atoms in total. The number of nitrogens with two attached hydrogens (primary N) is 1. The summed E-state index contributed by atoms with van der Waals surface area (Å²) in [4.78, 5) is 0.907. The minimum atomic E-state index is -0.915. The van der Waals surface area contributed by atoms with Crippen LogP contribution in [0.5, 0.6) is 0 Å². The van der Waals surface area contributed by atoms with Gasteiger partial charge in [0.15, 0.2) is 0 Å². The van der Waals surface area contributed by atoms with Gasteiger partial charge in [-0.3, -0.25) is 4.21 Å². The zero-order chi connectivity index (χ0) is 12.1. The fourth-order valence-electron chi connectivity index (χ4n) is 1.43. The smallest absolute Gasteiger partial charge is 0.0532 e. The lowest BCUT2D eigenvalue weighted by Gasteiger charge is -2.09. The molecule has 2 atom stereocenters. The minimum Gasteiger partial charge on any atom is -0.330 e. The van der Waals surface area contributed by atoms with Gasteiger partial charge < -0.3 is 5.73 Å². The Balaban J connectivity index is 2.70. The Bertz CT molecular complexity index is 345. The summed E-state index contributed by atoms with van der Waals surface area (Å²) in [5.74, 6) is 1.48. The Hall–Kier alpha value is -0.670. The fraction of sp³-hybridized carbons (Fsp3) is 0.538. The van der Waals surface area contributed by atoms with E-state index < -0.39 is 10.8 Å². The first-order valence-electron chi connectivity index (χ1n) is 5.73. The third kappa shape index (κ3) is 3.72. The molecule has 0 aliphatic heterocycles. The van der Waals surface area contributed by atoms with E-state index in [1.807, 2.05) is 19.1 Å². The van der Waals surface area contributed by atoms with Crippen LogP contribution < -0.4 is 5.73 Å². The molecule has 16 heavy (non-hydrogen) atoms. The van der Waals surface area contributed by atoms with Gasteiger partial charge in [0.2, 0.25) is 0 Å². The quantitative estimate of drug-likeness (QED) is 0.858. The van der Waals surface area contributed by atoms with Crippen molar-refractivity contribution in [3.05, 3.63) is 29.8 Å². The fourth-order valence-corrected chi connectivity index (χ4v) is 2.71. The van der Waals surface area contributed by atoms with Crippen LogP contribution in [0.3, 0.4) is 0 Å². The maximum atomic E-state index is 12.0. The molecular formula is C13H21NOS. The minimum absolute atomic E-state index is 0.311. The summed E-state index contributed by atoms with van der Waals surface area (Å²) in [5, 5.41) is 0. The van der Waals surface area contributed by atoms with Gasteiger partial charge in [0.1, 0.15) is 0 Å². The van der Waals surface area contributed by atoms with Crippen LogP contribution in [0.1, 0.15) is 32.3 Å². The van der Waals surface area contributed by atoms with E-state index in [1.54, 1.807) is 0 Å². The number of hydrogen-bond acceptors (Lipinski definition) is 2. The molecule has 1 aromatic carbocycles. The van der Waals surface area contributed by atoms with Crippen LogP contribution in [0.4, 0.5) is 0 Å². The predicted octanol–water partition coefficient (Wildman–Crippen LogP) is 2.51. The molecule has 90 valence electrons. The first-order chi connectivity index (χ1) is 7.54. The Morgan fingerprint density at radius 3 is 2.19 bits per heavy atom. The second-order valence-corrected chi connectivity index (χ2v) is 6.07. The molecule has 3 heteroatoms. The third-order valence-electron chi connectivity index (χ3n) is 2.65. The average molecular weight is 239 g/mol. The zero-order valence-corrected chi connectivity index (χ0v) is 11.1. The van der Waals surface area contributed by atoms with Crippen LogP contribution in [0, 0.1) is 5.92 Å². The van der Waals surface area contributed by atoms with E-state index in [4.69, 9.17) is 5.73 Å². The second kappa shape index (κ2) is 6.16. The molecule has 0 saturated heterocycles. The van der Waals surface area contributed by atoms with Crippen molar-refractivity contribution in [1.29, 1.82) is 0 Å². The van der Waals surface area contributed by atoms with Crippen molar-refractivity contribution in [2.45, 2.75) is 31.6 Å². The normalized spacial score (nSPS) is 15.1. The zero-order valence-electron chi connectivity index (χ0n) is 10.3. The average Bonchev–Trinajstić information content (AvgIpc) is 2.28. The van der Waals surface area contributed by atoms with E-state index in [0.717, 1.165) is 4.90 Å². The van der Waals surface area contributed by atoms with Crippen LogP contribution in [-0.4, -0.2) is 16.5 Å². The highest BCUT2D eigenvalue weighted by atomic mass is 32.2. The van der Waals surface area contributed by atoms with E-state index in [2.05, 4.69) is 26.0 Å². The van der Waals surface area contributed by atoms with Gasteiger partial charge in [-0.2, -0.15) is 0 Å². The lowest BCUT2D eigenvalue weighted by molar-refractivity contribution is 0.641. The molecule has 0 spiro atoms. The number of rotatable bonds is 5. The van der Waals surface area contributed by atoms with E-state index in [9.17, 15) is 4.21 Å². The second-order valence-electron chi connectivity index (χ2n) is 4.58. The molecule has 0 saturated carbocycles. The molecule has 0 heterocycles. The van der Waals surface area contributed by atoms with Crippen molar-refractivity contribution in [3.8, 4) is 0 Å². The van der Waals surface area contributed by atoms with Crippen LogP contribution in [0.2, 0.25) is 0 Å². The molecule has 2 N–H and O–H groups in total. The summed E-state index contributed by atoms with van der Waals surface area (Å²) in [6.07, 6.45) is 0. The summed E-state index contributed by atoms with van der Waals surface area (Å²) in [5.41, 5.74) is 6.81. The highest BCUT2D eigenvalue weighted by Crippen LogP contribution is 2.17. The molecule has 0 aliphatic carbocycles. The molecule has 1 rings (SSSR count). The summed E-state index contributed by atoms with van der Waals surface area (Å²) in [6.45, 7) is 6.93. The number of benzene rings is 1. The van der Waals surface area contributed by atoms with Crippen molar-refractivity contribution in [2.24, 2.45) is 11.7 Å². The molecule has 0 radical (unpaired) electrons. The summed E-state index contributed by atoms with van der Waals surface area (Å²) >= 11 is 0. The first-order valence-corrected chi connectivity index (χ1v) is 7.05. The molecule has 0 aromatic heterocycles. The molecular weight excluding hydrogens is 218 g/mol. The SMILES string of the molecule is CC(CN)CS(=O)c1ccc(C(C)C)cc1. The van der Waals surface area contributed by atoms with Gasteiger partial charge in [-0.15, -0.1) is 0 Å². The van der Waals surface area contributed by atoms with E-state index >= 15 is 0 Å². The van der Waals surface area contributed by atoms with Crippen molar-refractivity contribution in [1.82, 2.24) is 0 Å². The van der Waals surface area contributed by atoms with Gasteiger partial charge in [-0.1, -0.05) is 32.9 Å². The van der Waals surface area contributed by atoms with E-state index in [1.165, 1.54) is 5.56 Å². The monoisotopic (exact) mass is 239 g/mol. The standard InChI is InChI=1S/C13H21NOS/c1-10(2)12-4-6-13(7-5-12)16(15)9-11(3)8-14/h4-7,10-11H,8-9,14H2,1-3H3. The maximum Gasteiger partial charge on any atom is 0.0532 e. The molecule has 0 aliphatic rings. The summed E-state index contributed by atoms with van der Waals surface area (Å²) < 4.78 is 12.0. The lowest BCUT2D eigenvalue weighted by Crippen LogP contribution is -2.17. The molecule has 1 aromatic rings. The van der Waals surface area contributed by atoms with Gasteiger partial charge in [0.05, 0.1) is 10.8 Å². The van der Waals surface area contributed by atoms with Crippen molar-refractivity contribution < 1.29 is 4.21 Å².